The predicted molar refractivity (Wildman–Crippen MR) is 46.4 cm³/mol. The molecule has 0 heterocycles. The standard InChI is InChI=1S/C8H15NO4/c1-8(2,3)5(6(10)11)9-7(12)13-4/h5H,1-4H3,(H,9,12)(H,10,11)/t5-/m1/s1/i4D3. The van der Waals surface area contributed by atoms with Gasteiger partial charge in [0.2, 0.25) is 0 Å². The number of alkyl carbamates (subject to hydrolysis) is 1. The second-order valence-corrected chi connectivity index (χ2v) is 3.67. The summed E-state index contributed by atoms with van der Waals surface area (Å²) in [7, 11) is -2.88. The van der Waals surface area contributed by atoms with Crippen LogP contribution >= 0.6 is 0 Å². The van der Waals surface area contributed by atoms with Crippen LogP contribution in [0.25, 0.3) is 0 Å². The van der Waals surface area contributed by atoms with Gasteiger partial charge in [-0.15, -0.1) is 0 Å². The Balaban J connectivity index is 4.56. The number of amides is 1. The summed E-state index contributed by atoms with van der Waals surface area (Å²) in [5.41, 5.74) is -0.750. The van der Waals surface area contributed by atoms with Crippen LogP contribution in [0.3, 0.4) is 0 Å². The van der Waals surface area contributed by atoms with Crippen molar-refractivity contribution in [2.45, 2.75) is 26.8 Å². The van der Waals surface area contributed by atoms with Crippen LogP contribution in [0.4, 0.5) is 4.79 Å². The molecule has 5 nitrogen and oxygen atoms in total. The monoisotopic (exact) mass is 192 g/mol. The van der Waals surface area contributed by atoms with E-state index < -0.39 is 30.6 Å². The zero-order valence-corrected chi connectivity index (χ0v) is 7.75. The molecule has 13 heavy (non-hydrogen) atoms. The molecule has 0 bridgehead atoms. The number of hydrogen-bond donors (Lipinski definition) is 2. The third-order valence-electron chi connectivity index (χ3n) is 1.47. The van der Waals surface area contributed by atoms with Gasteiger partial charge in [0.1, 0.15) is 6.04 Å². The van der Waals surface area contributed by atoms with Gasteiger partial charge in [0.25, 0.3) is 0 Å². The van der Waals surface area contributed by atoms with Crippen molar-refractivity contribution >= 4 is 12.1 Å². The molecular formula is C8H15NO4. The van der Waals surface area contributed by atoms with Gasteiger partial charge in [-0.3, -0.25) is 0 Å². The number of rotatable bonds is 2. The van der Waals surface area contributed by atoms with Crippen LogP contribution in [0.2, 0.25) is 0 Å². The average Bonchev–Trinajstić information content (AvgIpc) is 1.93. The lowest BCUT2D eigenvalue weighted by Gasteiger charge is -2.26. The van der Waals surface area contributed by atoms with E-state index in [2.05, 4.69) is 4.74 Å². The molecule has 0 aliphatic carbocycles. The lowest BCUT2D eigenvalue weighted by atomic mass is 9.87. The number of carboxylic acid groups (broad SMARTS) is 1. The summed E-state index contributed by atoms with van der Waals surface area (Å²) in [5.74, 6) is -1.25. The number of carbonyl (C=O) groups is 2. The van der Waals surface area contributed by atoms with Crippen molar-refractivity contribution in [2.24, 2.45) is 5.41 Å². The van der Waals surface area contributed by atoms with Crippen molar-refractivity contribution < 1.29 is 23.5 Å². The number of hydrogen-bond acceptors (Lipinski definition) is 3. The van der Waals surface area contributed by atoms with E-state index in [-0.39, 0.29) is 0 Å². The topological polar surface area (TPSA) is 75.6 Å². The first-order valence-corrected chi connectivity index (χ1v) is 3.66. The highest BCUT2D eigenvalue weighted by Gasteiger charge is 2.32. The molecule has 76 valence electrons. The molecular weight excluding hydrogens is 174 g/mol. The van der Waals surface area contributed by atoms with Gasteiger partial charge < -0.3 is 15.2 Å². The van der Waals surface area contributed by atoms with Gasteiger partial charge in [0, 0.05) is 0 Å². The summed E-state index contributed by atoms with van der Waals surface area (Å²) in [6, 6.07) is -1.22. The van der Waals surface area contributed by atoms with Crippen LogP contribution in [0, 0.1) is 5.41 Å². The molecule has 0 aromatic heterocycles. The molecule has 2 N–H and O–H groups in total. The fourth-order valence-corrected chi connectivity index (χ4v) is 0.796. The van der Waals surface area contributed by atoms with Crippen molar-refractivity contribution in [1.82, 2.24) is 5.32 Å². The molecule has 1 atom stereocenters. The Kier molecular flexibility index (Phi) is 2.27. The van der Waals surface area contributed by atoms with Crippen LogP contribution in [-0.4, -0.2) is 30.2 Å². The molecule has 0 aliphatic heterocycles. The summed E-state index contributed by atoms with van der Waals surface area (Å²) < 4.78 is 24.0. The maximum Gasteiger partial charge on any atom is 0.407 e. The number of carbonyl (C=O) groups excluding carboxylic acids is 1. The first-order valence-electron chi connectivity index (χ1n) is 5.16. The van der Waals surface area contributed by atoms with Crippen LogP contribution in [0.15, 0.2) is 0 Å². The Hall–Kier alpha value is -1.26. The van der Waals surface area contributed by atoms with E-state index in [1.807, 2.05) is 5.32 Å². The number of carboxylic acids is 1. The number of nitrogens with one attached hydrogen (secondary N) is 1. The maximum absolute atomic E-state index is 11.1. The molecule has 0 aliphatic rings. The normalized spacial score (nSPS) is 17.6. The van der Waals surface area contributed by atoms with E-state index in [9.17, 15) is 9.59 Å². The van der Waals surface area contributed by atoms with Gasteiger partial charge in [0.05, 0.1) is 11.2 Å². The van der Waals surface area contributed by atoms with E-state index in [0.717, 1.165) is 0 Å². The third kappa shape index (κ3) is 3.78. The minimum Gasteiger partial charge on any atom is -0.480 e. The van der Waals surface area contributed by atoms with Gasteiger partial charge >= 0.3 is 12.1 Å². The van der Waals surface area contributed by atoms with Crippen LogP contribution in [-0.2, 0) is 9.53 Å². The molecule has 0 fully saturated rings. The maximum atomic E-state index is 11.1. The summed E-state index contributed by atoms with van der Waals surface area (Å²) in [5, 5.41) is 10.8. The van der Waals surface area contributed by atoms with Crippen molar-refractivity contribution in [3.63, 3.8) is 0 Å². The van der Waals surface area contributed by atoms with Crippen molar-refractivity contribution in [2.75, 3.05) is 7.04 Å². The Morgan fingerprint density at radius 2 is 2.08 bits per heavy atom. The van der Waals surface area contributed by atoms with Gasteiger partial charge in [-0.1, -0.05) is 20.8 Å². The highest BCUT2D eigenvalue weighted by atomic mass is 16.5. The minimum absolute atomic E-state index is 0.750. The zero-order chi connectivity index (χ0) is 13.1. The first-order chi connectivity index (χ1) is 6.93. The van der Waals surface area contributed by atoms with Crippen LogP contribution in [0.1, 0.15) is 24.9 Å². The second kappa shape index (κ2) is 4.11. The molecule has 0 aromatic rings. The molecule has 0 aromatic carbocycles. The summed E-state index contributed by atoms with van der Waals surface area (Å²) >= 11 is 0. The van der Waals surface area contributed by atoms with E-state index in [1.54, 1.807) is 20.8 Å². The van der Waals surface area contributed by atoms with E-state index in [4.69, 9.17) is 9.22 Å². The molecule has 0 saturated heterocycles. The largest absolute Gasteiger partial charge is 0.480 e. The predicted octanol–water partition coefficient (Wildman–Crippen LogP) is 0.842. The number of aliphatic carboxylic acids is 1. The van der Waals surface area contributed by atoms with E-state index >= 15 is 0 Å². The zero-order valence-electron chi connectivity index (χ0n) is 10.7. The van der Waals surface area contributed by atoms with E-state index in [1.165, 1.54) is 0 Å². The molecule has 0 spiro atoms. The van der Waals surface area contributed by atoms with Gasteiger partial charge in [0.15, 0.2) is 0 Å². The Bertz CT molecular complexity index is 282. The smallest absolute Gasteiger partial charge is 0.407 e. The van der Waals surface area contributed by atoms with Crippen molar-refractivity contribution in [3.8, 4) is 0 Å². The highest BCUT2D eigenvalue weighted by molar-refractivity contribution is 5.80. The summed E-state index contributed by atoms with van der Waals surface area (Å²) in [4.78, 5) is 21.9. The first kappa shape index (κ1) is 7.17. The fourth-order valence-electron chi connectivity index (χ4n) is 0.796. The second-order valence-electron chi connectivity index (χ2n) is 3.67. The lowest BCUT2D eigenvalue weighted by molar-refractivity contribution is -0.142. The Morgan fingerprint density at radius 3 is 2.38 bits per heavy atom. The van der Waals surface area contributed by atoms with Crippen LogP contribution in [0.5, 0.6) is 0 Å². The van der Waals surface area contributed by atoms with Crippen molar-refractivity contribution in [3.05, 3.63) is 0 Å². The average molecular weight is 192 g/mol. The molecule has 0 radical (unpaired) electrons. The van der Waals surface area contributed by atoms with Gasteiger partial charge in [-0.25, -0.2) is 9.59 Å². The highest BCUT2D eigenvalue weighted by Crippen LogP contribution is 2.19. The van der Waals surface area contributed by atoms with Gasteiger partial charge in [-0.2, -0.15) is 0 Å². The molecule has 1 amide bonds. The SMILES string of the molecule is [2H]C([2H])([2H])OC(=O)N[C@H](C(=O)O)C(C)(C)C. The van der Waals surface area contributed by atoms with Crippen LogP contribution < -0.4 is 5.32 Å². The quantitative estimate of drug-likeness (QED) is 0.679. The Labute approximate surface area is 81.3 Å². The summed E-state index contributed by atoms with van der Waals surface area (Å²) in [6.45, 7) is 4.80. The minimum atomic E-state index is -2.88. The van der Waals surface area contributed by atoms with Gasteiger partial charge in [-0.05, 0) is 5.41 Å². The fraction of sp³-hybridized carbons (Fsp3) is 0.750. The molecule has 5 heteroatoms. The number of ether oxygens (including phenoxy) is 1. The summed E-state index contributed by atoms with van der Waals surface area (Å²) in [6.07, 6.45) is -1.28. The molecule has 0 saturated carbocycles. The van der Waals surface area contributed by atoms with E-state index in [0.29, 0.717) is 0 Å². The van der Waals surface area contributed by atoms with Crippen molar-refractivity contribution in [1.29, 1.82) is 0 Å². The number of methoxy groups -OCH3 is 1. The Morgan fingerprint density at radius 1 is 1.54 bits per heavy atom. The lowest BCUT2D eigenvalue weighted by Crippen LogP contribution is -2.49. The third-order valence-corrected chi connectivity index (χ3v) is 1.47. The molecule has 0 rings (SSSR count). The molecule has 0 unspecified atom stereocenters.